The SMILES string of the molecule is CC(=O)c1cccc2c1OCCN2c1ccc(C)cn1.CC1CCCCC1.CCC. The molecule has 0 spiro atoms. The highest BCUT2D eigenvalue weighted by Crippen LogP contribution is 2.38. The molecule has 2 aliphatic rings. The van der Waals surface area contributed by atoms with Crippen molar-refractivity contribution in [3.63, 3.8) is 0 Å². The van der Waals surface area contributed by atoms with Gasteiger partial charge in [0, 0.05) is 6.20 Å². The van der Waals surface area contributed by atoms with E-state index < -0.39 is 0 Å². The van der Waals surface area contributed by atoms with Gasteiger partial charge in [-0.2, -0.15) is 0 Å². The fourth-order valence-corrected chi connectivity index (χ4v) is 3.69. The van der Waals surface area contributed by atoms with Crippen molar-refractivity contribution in [2.24, 2.45) is 5.92 Å². The summed E-state index contributed by atoms with van der Waals surface area (Å²) < 4.78 is 5.70. The van der Waals surface area contributed by atoms with Gasteiger partial charge in [0.15, 0.2) is 11.5 Å². The van der Waals surface area contributed by atoms with Crippen molar-refractivity contribution in [2.75, 3.05) is 18.1 Å². The van der Waals surface area contributed by atoms with Crippen LogP contribution in [0.15, 0.2) is 36.5 Å². The smallest absolute Gasteiger partial charge is 0.163 e. The molecule has 0 saturated heterocycles. The number of carbonyl (C=O) groups is 1. The van der Waals surface area contributed by atoms with Gasteiger partial charge in [0.1, 0.15) is 12.4 Å². The maximum atomic E-state index is 11.7. The van der Waals surface area contributed by atoms with E-state index in [1.165, 1.54) is 38.5 Å². The second-order valence-electron chi connectivity index (χ2n) is 8.35. The molecule has 1 aromatic carbocycles. The zero-order chi connectivity index (χ0) is 21.9. The number of ketones is 1. The number of anilines is 2. The number of pyridine rings is 1. The summed E-state index contributed by atoms with van der Waals surface area (Å²) in [7, 11) is 0. The Balaban J connectivity index is 0.000000266. The first-order valence-electron chi connectivity index (χ1n) is 11.4. The fraction of sp³-hybridized carbons (Fsp3) is 0.538. The third-order valence-electron chi connectivity index (χ3n) is 5.29. The van der Waals surface area contributed by atoms with Crippen LogP contribution in [0.1, 0.15) is 82.1 Å². The van der Waals surface area contributed by atoms with Crippen LogP contribution in [0.3, 0.4) is 0 Å². The summed E-state index contributed by atoms with van der Waals surface area (Å²) in [4.78, 5) is 18.2. The average Bonchev–Trinajstić information content (AvgIpc) is 2.75. The molecule has 4 rings (SSSR count). The maximum Gasteiger partial charge on any atom is 0.163 e. The van der Waals surface area contributed by atoms with Gasteiger partial charge < -0.3 is 9.64 Å². The first kappa shape index (κ1) is 23.9. The predicted molar refractivity (Wildman–Crippen MR) is 126 cm³/mol. The number of rotatable bonds is 2. The van der Waals surface area contributed by atoms with Crippen LogP contribution in [-0.2, 0) is 0 Å². The highest BCUT2D eigenvalue weighted by Gasteiger charge is 2.23. The molecule has 4 heteroatoms. The summed E-state index contributed by atoms with van der Waals surface area (Å²) in [6.07, 6.45) is 10.5. The molecule has 1 saturated carbocycles. The molecular formula is C26H38N2O2. The minimum Gasteiger partial charge on any atom is -0.489 e. The third-order valence-corrected chi connectivity index (χ3v) is 5.29. The normalized spacial score (nSPS) is 15.6. The van der Waals surface area contributed by atoms with Crippen LogP contribution in [0.4, 0.5) is 11.5 Å². The summed E-state index contributed by atoms with van der Waals surface area (Å²) in [6, 6.07) is 9.66. The second kappa shape index (κ2) is 12.4. The summed E-state index contributed by atoms with van der Waals surface area (Å²) in [5, 5.41) is 0. The van der Waals surface area contributed by atoms with Crippen LogP contribution in [-0.4, -0.2) is 23.9 Å². The molecule has 0 atom stereocenters. The first-order valence-corrected chi connectivity index (χ1v) is 11.4. The van der Waals surface area contributed by atoms with Crippen molar-refractivity contribution in [3.05, 3.63) is 47.7 Å². The van der Waals surface area contributed by atoms with Crippen LogP contribution < -0.4 is 9.64 Å². The number of aryl methyl sites for hydroxylation is 1. The van der Waals surface area contributed by atoms with Crippen LogP contribution in [0.2, 0.25) is 0 Å². The summed E-state index contributed by atoms with van der Waals surface area (Å²) >= 11 is 0. The molecule has 1 aromatic heterocycles. The molecule has 0 bridgehead atoms. The largest absolute Gasteiger partial charge is 0.489 e. The maximum absolute atomic E-state index is 11.7. The number of hydrogen-bond acceptors (Lipinski definition) is 4. The molecule has 0 N–H and O–H groups in total. The van der Waals surface area contributed by atoms with E-state index in [9.17, 15) is 4.79 Å². The van der Waals surface area contributed by atoms with Crippen LogP contribution in [0.25, 0.3) is 0 Å². The van der Waals surface area contributed by atoms with E-state index in [0.717, 1.165) is 29.5 Å². The van der Waals surface area contributed by atoms with Crippen molar-refractivity contribution in [1.29, 1.82) is 0 Å². The summed E-state index contributed by atoms with van der Waals surface area (Å²) in [6.45, 7) is 11.5. The zero-order valence-electron chi connectivity index (χ0n) is 19.4. The number of benzene rings is 1. The van der Waals surface area contributed by atoms with Gasteiger partial charge in [-0.1, -0.05) is 71.4 Å². The van der Waals surface area contributed by atoms with Gasteiger partial charge in [0.05, 0.1) is 17.8 Å². The van der Waals surface area contributed by atoms with E-state index in [0.29, 0.717) is 17.9 Å². The molecule has 2 heterocycles. The lowest BCUT2D eigenvalue weighted by Gasteiger charge is -2.31. The summed E-state index contributed by atoms with van der Waals surface area (Å²) in [5.74, 6) is 2.59. The van der Waals surface area contributed by atoms with E-state index >= 15 is 0 Å². The molecular weight excluding hydrogens is 372 g/mol. The lowest BCUT2D eigenvalue weighted by molar-refractivity contribution is 0.101. The van der Waals surface area contributed by atoms with Crippen LogP contribution in [0, 0.1) is 12.8 Å². The first-order chi connectivity index (χ1) is 14.5. The highest BCUT2D eigenvalue weighted by atomic mass is 16.5. The Morgan fingerprint density at radius 3 is 2.37 bits per heavy atom. The Bertz CT molecular complexity index is 780. The van der Waals surface area contributed by atoms with Gasteiger partial charge in [-0.15, -0.1) is 0 Å². The molecule has 1 fully saturated rings. The Morgan fingerprint density at radius 2 is 1.83 bits per heavy atom. The number of aromatic nitrogens is 1. The third kappa shape index (κ3) is 6.86. The molecule has 4 nitrogen and oxygen atoms in total. The molecule has 1 aliphatic carbocycles. The van der Waals surface area contributed by atoms with E-state index in [-0.39, 0.29) is 5.78 Å². The Labute approximate surface area is 182 Å². The predicted octanol–water partition coefficient (Wildman–Crippen LogP) is 7.13. The number of carbonyl (C=O) groups excluding carboxylic acids is 1. The van der Waals surface area contributed by atoms with Gasteiger partial charge >= 0.3 is 0 Å². The number of Topliss-reactive ketones (excluding diaryl/α,β-unsaturated/α-hetero) is 1. The topological polar surface area (TPSA) is 42.4 Å². The number of fused-ring (bicyclic) bond motifs is 1. The lowest BCUT2D eigenvalue weighted by atomic mass is 9.91. The Morgan fingerprint density at radius 1 is 1.13 bits per heavy atom. The van der Waals surface area contributed by atoms with Crippen molar-refractivity contribution < 1.29 is 9.53 Å². The van der Waals surface area contributed by atoms with E-state index in [2.05, 4.69) is 30.7 Å². The zero-order valence-corrected chi connectivity index (χ0v) is 19.4. The Hall–Kier alpha value is -2.36. The molecule has 30 heavy (non-hydrogen) atoms. The van der Waals surface area contributed by atoms with Gasteiger partial charge in [0.25, 0.3) is 0 Å². The minimum atomic E-state index is 0.0144. The van der Waals surface area contributed by atoms with Crippen molar-refractivity contribution in [3.8, 4) is 5.75 Å². The molecule has 2 aromatic rings. The quantitative estimate of drug-likeness (QED) is 0.494. The summed E-state index contributed by atoms with van der Waals surface area (Å²) in [5.41, 5.74) is 2.65. The monoisotopic (exact) mass is 410 g/mol. The van der Waals surface area contributed by atoms with Crippen LogP contribution in [0.5, 0.6) is 5.75 Å². The number of para-hydroxylation sites is 1. The lowest BCUT2D eigenvalue weighted by Crippen LogP contribution is -2.30. The van der Waals surface area contributed by atoms with Crippen molar-refractivity contribution in [2.45, 2.75) is 73.1 Å². The molecule has 0 amide bonds. The van der Waals surface area contributed by atoms with Crippen molar-refractivity contribution >= 4 is 17.3 Å². The molecule has 0 radical (unpaired) electrons. The fourth-order valence-electron chi connectivity index (χ4n) is 3.69. The standard InChI is InChI=1S/C16H16N2O2.C7H14.C3H8/c1-11-6-7-15(17-10-11)18-8-9-20-16-13(12(2)19)4-3-5-14(16)18;1-7-5-3-2-4-6-7;1-3-2/h3-7,10H,8-9H2,1-2H3;7H,2-6H2,1H3;3H2,1-2H3. The van der Waals surface area contributed by atoms with Crippen LogP contribution >= 0.6 is 0 Å². The van der Waals surface area contributed by atoms with Gasteiger partial charge in [-0.25, -0.2) is 4.98 Å². The number of hydrogen-bond donors (Lipinski definition) is 0. The minimum absolute atomic E-state index is 0.0144. The molecule has 164 valence electrons. The van der Waals surface area contributed by atoms with Gasteiger partial charge in [0.2, 0.25) is 0 Å². The van der Waals surface area contributed by atoms with E-state index in [1.54, 1.807) is 13.0 Å². The van der Waals surface area contributed by atoms with E-state index in [4.69, 9.17) is 4.74 Å². The second-order valence-corrected chi connectivity index (χ2v) is 8.35. The van der Waals surface area contributed by atoms with E-state index in [1.807, 2.05) is 37.4 Å². The van der Waals surface area contributed by atoms with Crippen molar-refractivity contribution in [1.82, 2.24) is 4.98 Å². The number of nitrogens with zero attached hydrogens (tertiary/aromatic N) is 2. The number of ether oxygens (including phenoxy) is 1. The highest BCUT2D eigenvalue weighted by molar-refractivity contribution is 5.99. The molecule has 1 aliphatic heterocycles. The Kier molecular flexibility index (Phi) is 9.85. The average molecular weight is 411 g/mol. The van der Waals surface area contributed by atoms with Gasteiger partial charge in [-0.05, 0) is 43.5 Å². The molecule has 0 unspecified atom stereocenters. The van der Waals surface area contributed by atoms with Gasteiger partial charge in [-0.3, -0.25) is 4.79 Å².